The highest BCUT2D eigenvalue weighted by molar-refractivity contribution is 5.86. The Bertz CT molecular complexity index is 332. The predicted octanol–water partition coefficient (Wildman–Crippen LogP) is 0.498. The summed E-state index contributed by atoms with van der Waals surface area (Å²) in [5.74, 6) is -0.490. The summed E-state index contributed by atoms with van der Waals surface area (Å²) in [6.07, 6.45) is 2.79. The molecule has 14 heavy (non-hydrogen) atoms. The molecule has 0 aliphatic heterocycles. The van der Waals surface area contributed by atoms with Gasteiger partial charge in [0.1, 0.15) is 0 Å². The normalized spacial score (nSPS) is 10.4. The fourth-order valence-electron chi connectivity index (χ4n) is 0.748. The lowest BCUT2D eigenvalue weighted by molar-refractivity contribution is 0.0593. The molecule has 1 aromatic heterocycles. The molecule has 76 valence electrons. The van der Waals surface area contributed by atoms with Gasteiger partial charge in [-0.25, -0.2) is 4.79 Å². The van der Waals surface area contributed by atoms with Crippen LogP contribution in [-0.4, -0.2) is 36.0 Å². The number of ether oxygens (including phenoxy) is 2. The number of aromatic nitrogens is 2. The molecule has 0 radical (unpaired) electrons. The van der Waals surface area contributed by atoms with Crippen LogP contribution in [0.2, 0.25) is 0 Å². The molecule has 0 fully saturated rings. The van der Waals surface area contributed by atoms with Gasteiger partial charge in [-0.2, -0.15) is 4.79 Å². The third-order valence-electron chi connectivity index (χ3n) is 1.38. The summed E-state index contributed by atoms with van der Waals surface area (Å²) in [5, 5.41) is 7.60. The maximum atomic E-state index is 11.0. The van der Waals surface area contributed by atoms with Crippen LogP contribution in [-0.2, 0) is 9.47 Å². The molecule has 0 aliphatic carbocycles. The van der Waals surface area contributed by atoms with Gasteiger partial charge in [0.25, 0.3) is 0 Å². The zero-order valence-electron chi connectivity index (χ0n) is 8.01. The summed E-state index contributed by atoms with van der Waals surface area (Å²) in [4.78, 5) is 12.2. The van der Waals surface area contributed by atoms with Crippen molar-refractivity contribution in [2.24, 2.45) is 5.10 Å². The van der Waals surface area contributed by atoms with Gasteiger partial charge in [0, 0.05) is 0 Å². The van der Waals surface area contributed by atoms with Gasteiger partial charge in [-0.1, -0.05) is 0 Å². The molecule has 6 nitrogen and oxygen atoms in total. The summed E-state index contributed by atoms with van der Waals surface area (Å²) in [5.41, 5.74) is 0.209. The minimum absolute atomic E-state index is 0.209. The van der Waals surface area contributed by atoms with Gasteiger partial charge in [-0.05, 0) is 13.0 Å². The third-order valence-corrected chi connectivity index (χ3v) is 1.38. The van der Waals surface area contributed by atoms with Crippen molar-refractivity contribution in [1.82, 2.24) is 9.89 Å². The Morgan fingerprint density at radius 1 is 1.79 bits per heavy atom. The molecule has 1 heterocycles. The maximum Gasteiger partial charge on any atom is 0.358 e. The average molecular weight is 197 g/mol. The summed E-state index contributed by atoms with van der Waals surface area (Å²) in [7, 11) is 1.30. The van der Waals surface area contributed by atoms with E-state index in [9.17, 15) is 4.79 Å². The molecule has 0 bridgehead atoms. The highest BCUT2D eigenvalue weighted by Crippen LogP contribution is 1.96. The molecule has 1 rings (SSSR count). The summed E-state index contributed by atoms with van der Waals surface area (Å²) >= 11 is 0. The standard InChI is InChI=1S/C8H11N3O3/c1-3-14-6-9-11-5-4-7(10-11)8(12)13-2/h4-6H,3H2,1-2H3/b9-6+. The quantitative estimate of drug-likeness (QED) is 0.400. The molecule has 0 saturated heterocycles. The molecular weight excluding hydrogens is 186 g/mol. The Labute approximate surface area is 81.1 Å². The number of hydrogen-bond acceptors (Lipinski definition) is 5. The Morgan fingerprint density at radius 2 is 2.57 bits per heavy atom. The topological polar surface area (TPSA) is 65.7 Å². The van der Waals surface area contributed by atoms with Crippen LogP contribution >= 0.6 is 0 Å². The van der Waals surface area contributed by atoms with E-state index in [1.807, 2.05) is 6.92 Å². The van der Waals surface area contributed by atoms with Gasteiger partial charge in [-0.15, -0.1) is 10.2 Å². The van der Waals surface area contributed by atoms with Crippen molar-refractivity contribution in [3.8, 4) is 0 Å². The van der Waals surface area contributed by atoms with Crippen LogP contribution in [0.15, 0.2) is 17.4 Å². The average Bonchev–Trinajstić information content (AvgIpc) is 2.66. The van der Waals surface area contributed by atoms with E-state index in [1.54, 1.807) is 0 Å². The second-order valence-corrected chi connectivity index (χ2v) is 2.29. The Balaban J connectivity index is 2.63. The largest absolute Gasteiger partial charge is 0.482 e. The smallest absolute Gasteiger partial charge is 0.358 e. The zero-order chi connectivity index (χ0) is 10.4. The number of rotatable bonds is 4. The molecule has 0 amide bonds. The van der Waals surface area contributed by atoms with Crippen molar-refractivity contribution in [2.75, 3.05) is 13.7 Å². The van der Waals surface area contributed by atoms with Crippen LogP contribution in [0, 0.1) is 0 Å². The number of hydrogen-bond donors (Lipinski definition) is 0. The monoisotopic (exact) mass is 197 g/mol. The second-order valence-electron chi connectivity index (χ2n) is 2.29. The van der Waals surface area contributed by atoms with E-state index in [0.717, 1.165) is 0 Å². The number of carbonyl (C=O) groups is 1. The van der Waals surface area contributed by atoms with Gasteiger partial charge in [-0.3, -0.25) is 0 Å². The van der Waals surface area contributed by atoms with Crippen molar-refractivity contribution in [3.63, 3.8) is 0 Å². The first-order valence-corrected chi connectivity index (χ1v) is 4.06. The van der Waals surface area contributed by atoms with E-state index in [-0.39, 0.29) is 5.69 Å². The highest BCUT2D eigenvalue weighted by atomic mass is 16.5. The first-order chi connectivity index (χ1) is 6.77. The van der Waals surface area contributed by atoms with Crippen LogP contribution in [0.1, 0.15) is 17.4 Å². The third kappa shape index (κ3) is 2.58. The highest BCUT2D eigenvalue weighted by Gasteiger charge is 2.07. The van der Waals surface area contributed by atoms with Gasteiger partial charge in [0.05, 0.1) is 19.9 Å². The van der Waals surface area contributed by atoms with Crippen molar-refractivity contribution in [2.45, 2.75) is 6.92 Å². The Morgan fingerprint density at radius 3 is 3.21 bits per heavy atom. The Hall–Kier alpha value is -1.85. The molecule has 0 spiro atoms. The summed E-state index contributed by atoms with van der Waals surface area (Å²) < 4.78 is 9.34. The van der Waals surface area contributed by atoms with Crippen molar-refractivity contribution in [3.05, 3.63) is 18.0 Å². The molecule has 0 saturated carbocycles. The molecule has 0 atom stereocenters. The summed E-state index contributed by atoms with van der Waals surface area (Å²) in [6.45, 7) is 2.38. The number of esters is 1. The molecular formula is C8H11N3O3. The van der Waals surface area contributed by atoms with E-state index >= 15 is 0 Å². The zero-order valence-corrected chi connectivity index (χ0v) is 8.01. The fraction of sp³-hybridized carbons (Fsp3) is 0.375. The minimum atomic E-state index is -0.490. The second kappa shape index (κ2) is 5.00. The fourth-order valence-corrected chi connectivity index (χ4v) is 0.748. The van der Waals surface area contributed by atoms with Crippen molar-refractivity contribution >= 4 is 12.4 Å². The van der Waals surface area contributed by atoms with Gasteiger partial charge in [0.15, 0.2) is 12.1 Å². The van der Waals surface area contributed by atoms with Crippen molar-refractivity contribution < 1.29 is 14.3 Å². The van der Waals surface area contributed by atoms with E-state index in [2.05, 4.69) is 14.9 Å². The molecule has 0 N–H and O–H groups in total. The molecule has 0 aliphatic rings. The molecule has 0 aromatic carbocycles. The van der Waals surface area contributed by atoms with Crippen LogP contribution < -0.4 is 0 Å². The Kier molecular flexibility index (Phi) is 3.66. The van der Waals surface area contributed by atoms with E-state index in [0.29, 0.717) is 6.61 Å². The maximum absolute atomic E-state index is 11.0. The van der Waals surface area contributed by atoms with Crippen molar-refractivity contribution in [1.29, 1.82) is 0 Å². The number of methoxy groups -OCH3 is 1. The summed E-state index contributed by atoms with van der Waals surface area (Å²) in [6, 6.07) is 1.51. The van der Waals surface area contributed by atoms with E-state index in [1.165, 1.54) is 30.6 Å². The van der Waals surface area contributed by atoms with Crippen LogP contribution in [0.4, 0.5) is 0 Å². The molecule has 0 unspecified atom stereocenters. The molecule has 1 aromatic rings. The van der Waals surface area contributed by atoms with E-state index < -0.39 is 5.97 Å². The van der Waals surface area contributed by atoms with E-state index in [4.69, 9.17) is 4.74 Å². The van der Waals surface area contributed by atoms with Crippen LogP contribution in [0.25, 0.3) is 0 Å². The van der Waals surface area contributed by atoms with Gasteiger partial charge in [0.2, 0.25) is 0 Å². The molecule has 6 heteroatoms. The number of nitrogens with zero attached hydrogens (tertiary/aromatic N) is 3. The van der Waals surface area contributed by atoms with Gasteiger partial charge < -0.3 is 9.47 Å². The van der Waals surface area contributed by atoms with Crippen LogP contribution in [0.3, 0.4) is 0 Å². The van der Waals surface area contributed by atoms with Crippen LogP contribution in [0.5, 0.6) is 0 Å². The minimum Gasteiger partial charge on any atom is -0.482 e. The van der Waals surface area contributed by atoms with Gasteiger partial charge >= 0.3 is 5.97 Å². The number of carbonyl (C=O) groups excluding carboxylic acids is 1. The first-order valence-electron chi connectivity index (χ1n) is 4.06. The lowest BCUT2D eigenvalue weighted by atomic mass is 10.4. The lowest BCUT2D eigenvalue weighted by Crippen LogP contribution is -2.03. The SMILES string of the molecule is CCO/C=N/n1ccc(C(=O)OC)n1. The lowest BCUT2D eigenvalue weighted by Gasteiger charge is -1.93. The first kappa shape index (κ1) is 10.2. The predicted molar refractivity (Wildman–Crippen MR) is 49.1 cm³/mol.